The number of nitrogens with zero attached hydrogens (tertiary/aromatic N) is 2. The molecule has 1 aromatic heterocycles. The van der Waals surface area contributed by atoms with E-state index >= 15 is 0 Å². The average Bonchev–Trinajstić information content (AvgIpc) is 3.25. The monoisotopic (exact) mass is 345 g/mol. The summed E-state index contributed by atoms with van der Waals surface area (Å²) in [5, 5.41) is 2.77. The number of carbonyl (C=O) groups excluding carboxylic acids is 1. The van der Waals surface area contributed by atoms with Crippen molar-refractivity contribution in [2.75, 3.05) is 26.2 Å². The van der Waals surface area contributed by atoms with E-state index in [-0.39, 0.29) is 5.91 Å². The summed E-state index contributed by atoms with van der Waals surface area (Å²) in [7, 11) is 0. The Balaban J connectivity index is 1.45. The Morgan fingerprint density at radius 3 is 3.00 bits per heavy atom. The van der Waals surface area contributed by atoms with Crippen LogP contribution in [-0.2, 0) is 17.8 Å². The molecule has 5 nitrogen and oxygen atoms in total. The van der Waals surface area contributed by atoms with E-state index in [1.54, 1.807) is 0 Å². The van der Waals surface area contributed by atoms with Gasteiger partial charge in [0.2, 0.25) is 0 Å². The zero-order valence-corrected chi connectivity index (χ0v) is 14.5. The number of likely N-dealkylation sites (tertiary alicyclic amines) is 1. The molecule has 1 atom stereocenters. The lowest BCUT2D eigenvalue weighted by Crippen LogP contribution is -2.29. The highest BCUT2D eigenvalue weighted by Gasteiger charge is 2.28. The number of amides is 1. The summed E-state index contributed by atoms with van der Waals surface area (Å²) in [4.78, 5) is 18.8. The quantitative estimate of drug-likeness (QED) is 0.836. The fourth-order valence-corrected chi connectivity index (χ4v) is 3.67. The Hall–Kier alpha value is -1.76. The van der Waals surface area contributed by atoms with Crippen molar-refractivity contribution in [1.82, 2.24) is 9.88 Å². The lowest BCUT2D eigenvalue weighted by Gasteiger charge is -2.15. The third-order valence-electron chi connectivity index (χ3n) is 4.17. The second kappa shape index (κ2) is 8.37. The molecule has 1 aliphatic rings. The lowest BCUT2D eigenvalue weighted by atomic mass is 10.1. The summed E-state index contributed by atoms with van der Waals surface area (Å²) in [5.41, 5.74) is 7.26. The Morgan fingerprint density at radius 1 is 1.38 bits per heavy atom. The average molecular weight is 345 g/mol. The molecule has 2 heterocycles. The van der Waals surface area contributed by atoms with E-state index in [0.29, 0.717) is 31.4 Å². The first-order valence-corrected chi connectivity index (χ1v) is 9.19. The van der Waals surface area contributed by atoms with Gasteiger partial charge in [-0.15, -0.1) is 11.3 Å². The standard InChI is InChI=1S/C18H23N3O2S/c19-8-6-17-20-16(13-24-17)18(22)21-9-7-15(10-21)12-23-11-14-4-2-1-3-5-14/h1-5,13,15H,6-12,19H2. The summed E-state index contributed by atoms with van der Waals surface area (Å²) in [6.45, 7) is 3.40. The molecule has 0 aliphatic carbocycles. The maximum Gasteiger partial charge on any atom is 0.273 e. The van der Waals surface area contributed by atoms with Crippen molar-refractivity contribution in [3.05, 3.63) is 52.0 Å². The van der Waals surface area contributed by atoms with Gasteiger partial charge in [0.05, 0.1) is 18.2 Å². The zero-order valence-electron chi connectivity index (χ0n) is 13.7. The van der Waals surface area contributed by atoms with E-state index in [1.165, 1.54) is 16.9 Å². The van der Waals surface area contributed by atoms with Crippen LogP contribution < -0.4 is 5.73 Å². The third-order valence-corrected chi connectivity index (χ3v) is 5.08. The number of aromatic nitrogens is 1. The molecule has 128 valence electrons. The number of thiazole rings is 1. The van der Waals surface area contributed by atoms with Gasteiger partial charge in [0.1, 0.15) is 5.69 Å². The molecule has 2 aromatic rings. The van der Waals surface area contributed by atoms with Crippen molar-refractivity contribution < 1.29 is 9.53 Å². The molecule has 1 saturated heterocycles. The van der Waals surface area contributed by atoms with Gasteiger partial charge in [0.15, 0.2) is 0 Å². The predicted molar refractivity (Wildman–Crippen MR) is 95.0 cm³/mol. The molecule has 0 bridgehead atoms. The van der Waals surface area contributed by atoms with Crippen LogP contribution in [0.4, 0.5) is 0 Å². The molecule has 3 rings (SSSR count). The Bertz CT molecular complexity index is 659. The van der Waals surface area contributed by atoms with Gasteiger partial charge < -0.3 is 15.4 Å². The molecular formula is C18H23N3O2S. The fourth-order valence-electron chi connectivity index (χ4n) is 2.88. The molecule has 1 unspecified atom stereocenters. The van der Waals surface area contributed by atoms with Gasteiger partial charge in [-0.25, -0.2) is 4.98 Å². The minimum Gasteiger partial charge on any atom is -0.376 e. The van der Waals surface area contributed by atoms with Crippen LogP contribution in [0.2, 0.25) is 0 Å². The van der Waals surface area contributed by atoms with Gasteiger partial charge in [-0.1, -0.05) is 30.3 Å². The van der Waals surface area contributed by atoms with Crippen molar-refractivity contribution in [2.45, 2.75) is 19.4 Å². The predicted octanol–water partition coefficient (Wildman–Crippen LogP) is 2.32. The molecule has 0 spiro atoms. The van der Waals surface area contributed by atoms with Gasteiger partial charge >= 0.3 is 0 Å². The number of nitrogens with two attached hydrogens (primary N) is 1. The number of rotatable bonds is 7. The first-order valence-electron chi connectivity index (χ1n) is 8.31. The van der Waals surface area contributed by atoms with Crippen LogP contribution in [0.15, 0.2) is 35.7 Å². The van der Waals surface area contributed by atoms with Crippen LogP contribution in [0.25, 0.3) is 0 Å². The summed E-state index contributed by atoms with van der Waals surface area (Å²) in [6, 6.07) is 10.2. The molecule has 24 heavy (non-hydrogen) atoms. The van der Waals surface area contributed by atoms with Gasteiger partial charge in [0, 0.05) is 30.8 Å². The number of ether oxygens (including phenoxy) is 1. The highest BCUT2D eigenvalue weighted by molar-refractivity contribution is 7.09. The summed E-state index contributed by atoms with van der Waals surface area (Å²) in [6.07, 6.45) is 1.72. The SMILES string of the molecule is NCCc1nc(C(=O)N2CCC(COCc3ccccc3)C2)cs1. The van der Waals surface area contributed by atoms with Gasteiger partial charge in [-0.05, 0) is 18.5 Å². The Kier molecular flexibility index (Phi) is 5.96. The normalized spacial score (nSPS) is 17.4. The van der Waals surface area contributed by atoms with Crippen LogP contribution in [0.3, 0.4) is 0 Å². The van der Waals surface area contributed by atoms with E-state index in [4.69, 9.17) is 10.5 Å². The molecule has 1 amide bonds. The minimum atomic E-state index is 0.0279. The van der Waals surface area contributed by atoms with E-state index in [9.17, 15) is 4.79 Å². The van der Waals surface area contributed by atoms with Crippen molar-refractivity contribution >= 4 is 17.2 Å². The molecule has 0 radical (unpaired) electrons. The van der Waals surface area contributed by atoms with Crippen molar-refractivity contribution in [2.24, 2.45) is 11.7 Å². The van der Waals surface area contributed by atoms with E-state index < -0.39 is 0 Å². The molecule has 1 fully saturated rings. The Labute approximate surface area is 146 Å². The van der Waals surface area contributed by atoms with Crippen molar-refractivity contribution in [3.8, 4) is 0 Å². The molecule has 0 saturated carbocycles. The van der Waals surface area contributed by atoms with E-state index in [0.717, 1.165) is 30.9 Å². The summed E-state index contributed by atoms with van der Waals surface area (Å²) in [5.74, 6) is 0.430. The molecule has 6 heteroatoms. The maximum atomic E-state index is 12.5. The highest BCUT2D eigenvalue weighted by Crippen LogP contribution is 2.20. The molecule has 2 N–H and O–H groups in total. The Morgan fingerprint density at radius 2 is 2.21 bits per heavy atom. The number of hydrogen-bond acceptors (Lipinski definition) is 5. The number of benzene rings is 1. The topological polar surface area (TPSA) is 68.5 Å². The lowest BCUT2D eigenvalue weighted by molar-refractivity contribution is 0.0729. The summed E-state index contributed by atoms with van der Waals surface area (Å²) < 4.78 is 5.81. The van der Waals surface area contributed by atoms with Gasteiger partial charge in [0.25, 0.3) is 5.91 Å². The van der Waals surface area contributed by atoms with Gasteiger partial charge in [-0.3, -0.25) is 4.79 Å². The van der Waals surface area contributed by atoms with Crippen LogP contribution in [0, 0.1) is 5.92 Å². The zero-order chi connectivity index (χ0) is 16.8. The van der Waals surface area contributed by atoms with Gasteiger partial charge in [-0.2, -0.15) is 0 Å². The van der Waals surface area contributed by atoms with Crippen molar-refractivity contribution in [3.63, 3.8) is 0 Å². The van der Waals surface area contributed by atoms with E-state index in [1.807, 2.05) is 28.5 Å². The highest BCUT2D eigenvalue weighted by atomic mass is 32.1. The number of carbonyl (C=O) groups is 1. The second-order valence-corrected chi connectivity index (χ2v) is 7.01. The fraction of sp³-hybridized carbons (Fsp3) is 0.444. The minimum absolute atomic E-state index is 0.0279. The van der Waals surface area contributed by atoms with Crippen LogP contribution in [-0.4, -0.2) is 42.0 Å². The van der Waals surface area contributed by atoms with E-state index in [2.05, 4.69) is 17.1 Å². The van der Waals surface area contributed by atoms with Crippen LogP contribution >= 0.6 is 11.3 Å². The van der Waals surface area contributed by atoms with Crippen molar-refractivity contribution in [1.29, 1.82) is 0 Å². The van der Waals surface area contributed by atoms with Crippen LogP contribution in [0.1, 0.15) is 27.5 Å². The first kappa shape index (κ1) is 17.1. The maximum absolute atomic E-state index is 12.5. The first-order chi connectivity index (χ1) is 11.8. The summed E-state index contributed by atoms with van der Waals surface area (Å²) >= 11 is 1.51. The third kappa shape index (κ3) is 4.41. The molecular weight excluding hydrogens is 322 g/mol. The largest absolute Gasteiger partial charge is 0.376 e. The number of hydrogen-bond donors (Lipinski definition) is 1. The molecule has 1 aromatic carbocycles. The smallest absolute Gasteiger partial charge is 0.273 e. The molecule has 1 aliphatic heterocycles. The van der Waals surface area contributed by atoms with Crippen LogP contribution in [0.5, 0.6) is 0 Å². The second-order valence-electron chi connectivity index (χ2n) is 6.07.